The second-order valence-electron chi connectivity index (χ2n) is 5.14. The summed E-state index contributed by atoms with van der Waals surface area (Å²) in [6.07, 6.45) is 0.233. The van der Waals surface area contributed by atoms with Crippen LogP contribution in [0, 0.1) is 0 Å². The van der Waals surface area contributed by atoms with E-state index in [1.807, 2.05) is 0 Å². The number of alkyl halides is 2. The summed E-state index contributed by atoms with van der Waals surface area (Å²) in [6, 6.07) is 6.12. The SMILES string of the molecule is Cl.O=C(Cc1ccc(OC(F)F)cc1)NCCN1CCNCC1. The molecular formula is C15H22ClF2N3O2. The summed E-state index contributed by atoms with van der Waals surface area (Å²) in [7, 11) is 0. The molecule has 5 nitrogen and oxygen atoms in total. The Morgan fingerprint density at radius 1 is 1.26 bits per heavy atom. The number of ether oxygens (including phenoxy) is 1. The zero-order valence-electron chi connectivity index (χ0n) is 12.8. The molecule has 0 radical (unpaired) electrons. The highest BCUT2D eigenvalue weighted by molar-refractivity contribution is 5.85. The fourth-order valence-electron chi connectivity index (χ4n) is 2.32. The van der Waals surface area contributed by atoms with Crippen molar-refractivity contribution in [1.82, 2.24) is 15.5 Å². The molecule has 0 saturated carbocycles. The fourth-order valence-corrected chi connectivity index (χ4v) is 2.32. The molecule has 1 saturated heterocycles. The first-order valence-corrected chi connectivity index (χ1v) is 7.37. The predicted molar refractivity (Wildman–Crippen MR) is 86.3 cm³/mol. The van der Waals surface area contributed by atoms with Gasteiger partial charge in [-0.25, -0.2) is 0 Å². The molecule has 0 aromatic heterocycles. The number of halogens is 3. The van der Waals surface area contributed by atoms with Gasteiger partial charge in [0.25, 0.3) is 0 Å². The Bertz CT molecular complexity index is 468. The number of carbonyl (C=O) groups is 1. The van der Waals surface area contributed by atoms with Gasteiger partial charge in [0.05, 0.1) is 6.42 Å². The van der Waals surface area contributed by atoms with Crippen LogP contribution >= 0.6 is 12.4 Å². The van der Waals surface area contributed by atoms with E-state index in [1.165, 1.54) is 12.1 Å². The molecule has 1 aliphatic heterocycles. The standard InChI is InChI=1S/C15H21F2N3O2.ClH/c16-15(17)22-13-3-1-12(2-4-13)11-14(21)19-7-10-20-8-5-18-6-9-20;/h1-4,15,18H,5-11H2,(H,19,21);1H. The van der Waals surface area contributed by atoms with Gasteiger partial charge in [-0.1, -0.05) is 12.1 Å². The molecule has 1 aromatic carbocycles. The molecule has 1 aromatic rings. The van der Waals surface area contributed by atoms with Crippen molar-refractivity contribution >= 4 is 18.3 Å². The highest BCUT2D eigenvalue weighted by Crippen LogP contribution is 2.15. The Morgan fingerprint density at radius 2 is 1.91 bits per heavy atom. The number of hydrogen-bond donors (Lipinski definition) is 2. The highest BCUT2D eigenvalue weighted by Gasteiger charge is 2.10. The maximum Gasteiger partial charge on any atom is 0.387 e. The Hall–Kier alpha value is -1.44. The van der Waals surface area contributed by atoms with E-state index in [0.29, 0.717) is 6.54 Å². The third-order valence-corrected chi connectivity index (χ3v) is 3.47. The molecule has 1 fully saturated rings. The first-order valence-electron chi connectivity index (χ1n) is 7.37. The van der Waals surface area contributed by atoms with Crippen LogP contribution in [-0.4, -0.2) is 56.7 Å². The van der Waals surface area contributed by atoms with Crippen molar-refractivity contribution in [2.24, 2.45) is 0 Å². The zero-order valence-corrected chi connectivity index (χ0v) is 13.6. The maximum absolute atomic E-state index is 12.0. The van der Waals surface area contributed by atoms with Crippen molar-refractivity contribution in [2.75, 3.05) is 39.3 Å². The normalized spacial score (nSPS) is 15.1. The second kappa shape index (κ2) is 10.4. The van der Waals surface area contributed by atoms with Gasteiger partial charge in [0.15, 0.2) is 0 Å². The predicted octanol–water partition coefficient (Wildman–Crippen LogP) is 1.27. The number of nitrogens with zero attached hydrogens (tertiary/aromatic N) is 1. The van der Waals surface area contributed by atoms with E-state index in [2.05, 4.69) is 20.3 Å². The smallest absolute Gasteiger partial charge is 0.387 e. The minimum Gasteiger partial charge on any atom is -0.435 e. The summed E-state index contributed by atoms with van der Waals surface area (Å²) in [5.74, 6) is 0.0236. The Kier molecular flexibility index (Phi) is 8.83. The van der Waals surface area contributed by atoms with E-state index in [1.54, 1.807) is 12.1 Å². The fraction of sp³-hybridized carbons (Fsp3) is 0.533. The summed E-state index contributed by atoms with van der Waals surface area (Å²) in [4.78, 5) is 14.1. The van der Waals surface area contributed by atoms with Crippen LogP contribution in [0.2, 0.25) is 0 Å². The van der Waals surface area contributed by atoms with E-state index in [0.717, 1.165) is 38.3 Å². The summed E-state index contributed by atoms with van der Waals surface area (Å²) in [6.45, 7) is 2.60. The molecule has 0 aliphatic carbocycles. The summed E-state index contributed by atoms with van der Waals surface area (Å²) in [5, 5.41) is 6.15. The van der Waals surface area contributed by atoms with Gasteiger partial charge in [-0.2, -0.15) is 8.78 Å². The van der Waals surface area contributed by atoms with Gasteiger partial charge < -0.3 is 15.4 Å². The van der Waals surface area contributed by atoms with Crippen LogP contribution in [0.3, 0.4) is 0 Å². The van der Waals surface area contributed by atoms with Crippen LogP contribution in [-0.2, 0) is 11.2 Å². The maximum atomic E-state index is 12.0. The van der Waals surface area contributed by atoms with E-state index >= 15 is 0 Å². The van der Waals surface area contributed by atoms with Gasteiger partial charge in [0.2, 0.25) is 5.91 Å². The molecule has 0 spiro atoms. The molecule has 1 amide bonds. The number of rotatable bonds is 7. The van der Waals surface area contributed by atoms with E-state index in [9.17, 15) is 13.6 Å². The lowest BCUT2D eigenvalue weighted by Crippen LogP contribution is -2.46. The monoisotopic (exact) mass is 349 g/mol. The van der Waals surface area contributed by atoms with Crippen molar-refractivity contribution in [3.8, 4) is 5.75 Å². The molecule has 2 rings (SSSR count). The second-order valence-corrected chi connectivity index (χ2v) is 5.14. The van der Waals surface area contributed by atoms with Gasteiger partial charge in [0, 0.05) is 39.3 Å². The molecule has 2 N–H and O–H groups in total. The summed E-state index contributed by atoms with van der Waals surface area (Å²) >= 11 is 0. The molecule has 1 heterocycles. The zero-order chi connectivity index (χ0) is 15.8. The minimum atomic E-state index is -2.83. The van der Waals surface area contributed by atoms with Crippen LogP contribution in [0.5, 0.6) is 5.75 Å². The number of hydrogen-bond acceptors (Lipinski definition) is 4. The third kappa shape index (κ3) is 7.58. The van der Waals surface area contributed by atoms with Crippen LogP contribution in [0.4, 0.5) is 8.78 Å². The number of benzene rings is 1. The van der Waals surface area contributed by atoms with Crippen molar-refractivity contribution in [2.45, 2.75) is 13.0 Å². The van der Waals surface area contributed by atoms with E-state index < -0.39 is 6.61 Å². The summed E-state index contributed by atoms with van der Waals surface area (Å²) < 4.78 is 28.3. The molecule has 0 unspecified atom stereocenters. The number of amides is 1. The first-order chi connectivity index (χ1) is 10.6. The first kappa shape index (κ1) is 19.6. The van der Waals surface area contributed by atoms with Crippen LogP contribution in [0.15, 0.2) is 24.3 Å². The van der Waals surface area contributed by atoms with Crippen LogP contribution in [0.1, 0.15) is 5.56 Å². The average molecular weight is 350 g/mol. The van der Waals surface area contributed by atoms with Gasteiger partial charge in [0.1, 0.15) is 5.75 Å². The molecule has 0 bridgehead atoms. The Morgan fingerprint density at radius 3 is 2.52 bits per heavy atom. The van der Waals surface area contributed by atoms with Gasteiger partial charge >= 0.3 is 6.61 Å². The Labute approximate surface area is 140 Å². The van der Waals surface area contributed by atoms with Crippen LogP contribution in [0.25, 0.3) is 0 Å². The lowest BCUT2D eigenvalue weighted by Gasteiger charge is -2.27. The minimum absolute atomic E-state index is 0. The van der Waals surface area contributed by atoms with Crippen molar-refractivity contribution in [3.05, 3.63) is 29.8 Å². The Balaban J connectivity index is 0.00000264. The summed E-state index contributed by atoms with van der Waals surface area (Å²) in [5.41, 5.74) is 0.765. The number of piperazine rings is 1. The highest BCUT2D eigenvalue weighted by atomic mass is 35.5. The molecule has 130 valence electrons. The van der Waals surface area contributed by atoms with Crippen molar-refractivity contribution in [1.29, 1.82) is 0 Å². The largest absolute Gasteiger partial charge is 0.435 e. The van der Waals surface area contributed by atoms with Gasteiger partial charge in [-0.05, 0) is 17.7 Å². The lowest BCUT2D eigenvalue weighted by molar-refractivity contribution is -0.120. The number of carbonyl (C=O) groups excluding carboxylic acids is 1. The van der Waals surface area contributed by atoms with Crippen molar-refractivity contribution in [3.63, 3.8) is 0 Å². The van der Waals surface area contributed by atoms with Crippen LogP contribution < -0.4 is 15.4 Å². The van der Waals surface area contributed by atoms with Gasteiger partial charge in [-0.3, -0.25) is 9.69 Å². The van der Waals surface area contributed by atoms with E-state index in [4.69, 9.17) is 0 Å². The quantitative estimate of drug-likeness (QED) is 0.778. The third-order valence-electron chi connectivity index (χ3n) is 3.47. The molecule has 1 aliphatic rings. The molecular weight excluding hydrogens is 328 g/mol. The number of nitrogens with one attached hydrogen (secondary N) is 2. The molecule has 8 heteroatoms. The van der Waals surface area contributed by atoms with E-state index in [-0.39, 0.29) is 30.5 Å². The van der Waals surface area contributed by atoms with Crippen molar-refractivity contribution < 1.29 is 18.3 Å². The van der Waals surface area contributed by atoms with Gasteiger partial charge in [-0.15, -0.1) is 12.4 Å². The molecule has 23 heavy (non-hydrogen) atoms. The lowest BCUT2D eigenvalue weighted by atomic mass is 10.1. The average Bonchev–Trinajstić information content (AvgIpc) is 2.50. The topological polar surface area (TPSA) is 53.6 Å². The molecule has 0 atom stereocenters.